The molecular weight excluding hydrogens is 292 g/mol. The van der Waals surface area contributed by atoms with Gasteiger partial charge in [-0.3, -0.25) is 0 Å². The van der Waals surface area contributed by atoms with Crippen molar-refractivity contribution in [3.05, 3.63) is 36.5 Å². The van der Waals surface area contributed by atoms with Crippen LogP contribution in [0.4, 0.5) is 11.9 Å². The Balaban J connectivity index is 2.03. The van der Waals surface area contributed by atoms with Gasteiger partial charge in [0.05, 0.1) is 6.20 Å². The maximum absolute atomic E-state index is 4.43. The molecule has 3 aromatic rings. The van der Waals surface area contributed by atoms with E-state index in [0.717, 1.165) is 11.3 Å². The molecule has 0 aliphatic rings. The minimum absolute atomic E-state index is 0.432. The second kappa shape index (κ2) is 5.99. The van der Waals surface area contributed by atoms with Gasteiger partial charge in [-0.1, -0.05) is 35.5 Å². The van der Waals surface area contributed by atoms with Crippen molar-refractivity contribution in [3.8, 4) is 17.2 Å². The Morgan fingerprint density at radius 1 is 0.826 bits per heavy atom. The van der Waals surface area contributed by atoms with Gasteiger partial charge >= 0.3 is 0 Å². The van der Waals surface area contributed by atoms with Crippen LogP contribution in [0, 0.1) is 0 Å². The van der Waals surface area contributed by atoms with Gasteiger partial charge in [0, 0.05) is 33.8 Å². The van der Waals surface area contributed by atoms with E-state index in [4.69, 9.17) is 0 Å². The topological polar surface area (TPSA) is 75.9 Å². The lowest BCUT2D eigenvalue weighted by atomic mass is 10.2. The summed E-state index contributed by atoms with van der Waals surface area (Å²) in [4.78, 5) is 16.9. The van der Waals surface area contributed by atoms with Crippen molar-refractivity contribution in [2.45, 2.75) is 0 Å². The summed E-state index contributed by atoms with van der Waals surface area (Å²) >= 11 is 0. The Morgan fingerprint density at radius 2 is 1.43 bits per heavy atom. The molecule has 0 saturated carbocycles. The van der Waals surface area contributed by atoms with E-state index in [1.165, 1.54) is 0 Å². The van der Waals surface area contributed by atoms with Crippen LogP contribution in [0.25, 0.3) is 17.2 Å². The zero-order valence-electron chi connectivity index (χ0n) is 13.5. The predicted octanol–water partition coefficient (Wildman–Crippen LogP) is 1.25. The Bertz CT molecular complexity index is 768. The average Bonchev–Trinajstić information content (AvgIpc) is 3.05. The van der Waals surface area contributed by atoms with Crippen LogP contribution in [0.3, 0.4) is 0 Å². The van der Waals surface area contributed by atoms with Gasteiger partial charge in [-0.2, -0.15) is 19.6 Å². The number of benzene rings is 1. The smallest absolute Gasteiger partial charge is 0.258 e. The molecule has 3 rings (SSSR count). The van der Waals surface area contributed by atoms with Crippen LogP contribution in [0.5, 0.6) is 0 Å². The number of hydrogen-bond acceptors (Lipinski definition) is 7. The monoisotopic (exact) mass is 310 g/mol. The summed E-state index contributed by atoms with van der Waals surface area (Å²) in [7, 11) is 7.54. The summed E-state index contributed by atoms with van der Waals surface area (Å²) in [5, 5.41) is 8.34. The van der Waals surface area contributed by atoms with Crippen molar-refractivity contribution in [2.75, 3.05) is 38.0 Å². The molecule has 0 fully saturated rings. The predicted molar refractivity (Wildman–Crippen MR) is 88.8 cm³/mol. The van der Waals surface area contributed by atoms with Crippen molar-refractivity contribution >= 4 is 11.9 Å². The number of anilines is 2. The van der Waals surface area contributed by atoms with E-state index in [9.17, 15) is 0 Å². The Labute approximate surface area is 134 Å². The van der Waals surface area contributed by atoms with Gasteiger partial charge in [0.1, 0.15) is 5.69 Å². The lowest BCUT2D eigenvalue weighted by Crippen LogP contribution is -2.20. The highest BCUT2D eigenvalue weighted by atomic mass is 15.5. The normalized spacial score (nSPS) is 10.6. The summed E-state index contributed by atoms with van der Waals surface area (Å²) in [5.74, 6) is 1.56. The third kappa shape index (κ3) is 3.10. The van der Waals surface area contributed by atoms with Crippen molar-refractivity contribution in [2.24, 2.45) is 0 Å². The summed E-state index contributed by atoms with van der Waals surface area (Å²) in [6.45, 7) is 0. The van der Waals surface area contributed by atoms with Crippen LogP contribution in [-0.4, -0.2) is 58.1 Å². The van der Waals surface area contributed by atoms with E-state index in [-0.39, 0.29) is 0 Å². The van der Waals surface area contributed by atoms with Gasteiger partial charge in [0.25, 0.3) is 5.95 Å². The third-order valence-corrected chi connectivity index (χ3v) is 3.17. The largest absolute Gasteiger partial charge is 0.347 e. The minimum Gasteiger partial charge on any atom is -0.347 e. The van der Waals surface area contributed by atoms with E-state index in [1.54, 1.807) is 4.68 Å². The number of hydrogen-bond donors (Lipinski definition) is 0. The van der Waals surface area contributed by atoms with Crippen LogP contribution in [0.2, 0.25) is 0 Å². The summed E-state index contributed by atoms with van der Waals surface area (Å²) in [6, 6.07) is 9.86. The average molecular weight is 310 g/mol. The van der Waals surface area contributed by atoms with E-state index < -0.39 is 0 Å². The second-order valence-electron chi connectivity index (χ2n) is 5.44. The molecule has 0 radical (unpaired) electrons. The molecule has 0 aliphatic heterocycles. The first-order chi connectivity index (χ1) is 11.0. The molecule has 0 amide bonds. The molecule has 23 heavy (non-hydrogen) atoms. The zero-order valence-corrected chi connectivity index (χ0v) is 13.5. The molecule has 8 nitrogen and oxygen atoms in total. The number of rotatable bonds is 4. The molecule has 0 aliphatic carbocycles. The SMILES string of the molecule is CN(C)c1nc(N(C)C)nc(-n2cc(-c3ccccc3)nn2)n1. The Morgan fingerprint density at radius 3 is 2.00 bits per heavy atom. The number of nitrogens with zero attached hydrogens (tertiary/aromatic N) is 8. The fraction of sp³-hybridized carbons (Fsp3) is 0.267. The van der Waals surface area contributed by atoms with Gasteiger partial charge in [0.2, 0.25) is 11.9 Å². The van der Waals surface area contributed by atoms with E-state index >= 15 is 0 Å². The second-order valence-corrected chi connectivity index (χ2v) is 5.44. The maximum Gasteiger partial charge on any atom is 0.258 e. The van der Waals surface area contributed by atoms with Gasteiger partial charge < -0.3 is 9.80 Å². The molecule has 0 atom stereocenters. The first-order valence-corrected chi connectivity index (χ1v) is 7.13. The Hall–Kier alpha value is -3.03. The van der Waals surface area contributed by atoms with Crippen molar-refractivity contribution in [1.29, 1.82) is 0 Å². The Kier molecular flexibility index (Phi) is 3.88. The van der Waals surface area contributed by atoms with Crippen LogP contribution in [0.1, 0.15) is 0 Å². The highest BCUT2D eigenvalue weighted by Crippen LogP contribution is 2.17. The van der Waals surface area contributed by atoms with E-state index in [2.05, 4.69) is 25.3 Å². The molecule has 8 heteroatoms. The highest BCUT2D eigenvalue weighted by Gasteiger charge is 2.13. The summed E-state index contributed by atoms with van der Waals surface area (Å²) < 4.78 is 1.56. The molecule has 0 unspecified atom stereocenters. The van der Waals surface area contributed by atoms with Crippen LogP contribution >= 0.6 is 0 Å². The minimum atomic E-state index is 0.432. The fourth-order valence-corrected chi connectivity index (χ4v) is 1.95. The molecule has 2 heterocycles. The number of aromatic nitrogens is 6. The molecule has 0 spiro atoms. The van der Waals surface area contributed by atoms with Gasteiger partial charge in [0.15, 0.2) is 0 Å². The van der Waals surface area contributed by atoms with Crippen molar-refractivity contribution in [1.82, 2.24) is 29.9 Å². The van der Waals surface area contributed by atoms with Crippen molar-refractivity contribution < 1.29 is 0 Å². The quantitative estimate of drug-likeness (QED) is 0.718. The molecule has 118 valence electrons. The van der Waals surface area contributed by atoms with Crippen molar-refractivity contribution in [3.63, 3.8) is 0 Å². The third-order valence-electron chi connectivity index (χ3n) is 3.17. The standard InChI is InChI=1S/C15H18N8/c1-21(2)13-16-14(22(3)4)18-15(17-13)23-10-12(19-20-23)11-8-6-5-7-9-11/h5-10H,1-4H3. The maximum atomic E-state index is 4.43. The molecule has 2 aromatic heterocycles. The molecule has 0 bridgehead atoms. The van der Waals surface area contributed by atoms with Gasteiger partial charge in [-0.25, -0.2) is 0 Å². The lowest BCUT2D eigenvalue weighted by Gasteiger charge is -2.15. The lowest BCUT2D eigenvalue weighted by molar-refractivity contribution is 0.740. The first-order valence-electron chi connectivity index (χ1n) is 7.13. The summed E-state index contributed by atoms with van der Waals surface area (Å²) in [5.41, 5.74) is 1.76. The molecule has 0 saturated heterocycles. The fourth-order valence-electron chi connectivity index (χ4n) is 1.95. The molecule has 0 N–H and O–H groups in total. The highest BCUT2D eigenvalue weighted by molar-refractivity contribution is 5.57. The molecular formula is C15H18N8. The van der Waals surface area contributed by atoms with Gasteiger partial charge in [-0.15, -0.1) is 5.10 Å². The van der Waals surface area contributed by atoms with E-state index in [1.807, 2.05) is 74.5 Å². The van der Waals surface area contributed by atoms with Crippen LogP contribution in [0.15, 0.2) is 36.5 Å². The summed E-state index contributed by atoms with van der Waals surface area (Å²) in [6.07, 6.45) is 1.81. The van der Waals surface area contributed by atoms with E-state index in [0.29, 0.717) is 17.8 Å². The first kappa shape index (κ1) is 14.9. The van der Waals surface area contributed by atoms with Gasteiger partial charge in [-0.05, 0) is 0 Å². The molecule has 1 aromatic carbocycles. The van der Waals surface area contributed by atoms with Crippen LogP contribution in [-0.2, 0) is 0 Å². The van der Waals surface area contributed by atoms with Crippen LogP contribution < -0.4 is 9.80 Å². The zero-order chi connectivity index (χ0) is 16.4.